The number of rotatable bonds is 3. The van der Waals surface area contributed by atoms with Gasteiger partial charge >= 0.3 is 0 Å². The smallest absolute Gasteiger partial charge is 0.124 e. The molecule has 2 aliphatic heterocycles. The molecule has 4 heteroatoms. The van der Waals surface area contributed by atoms with Crippen molar-refractivity contribution < 1.29 is 19.3 Å². The van der Waals surface area contributed by atoms with Crippen LogP contribution in [0.3, 0.4) is 0 Å². The quantitative estimate of drug-likeness (QED) is 0.930. The Morgan fingerprint density at radius 2 is 2.14 bits per heavy atom. The van der Waals surface area contributed by atoms with Gasteiger partial charge in [0, 0.05) is 25.2 Å². The second kappa shape index (κ2) is 5.59. The van der Waals surface area contributed by atoms with E-state index in [9.17, 15) is 5.11 Å². The van der Waals surface area contributed by atoms with Gasteiger partial charge in [0.15, 0.2) is 0 Å². The monoisotopic (exact) mass is 292 g/mol. The summed E-state index contributed by atoms with van der Waals surface area (Å²) >= 11 is 0. The van der Waals surface area contributed by atoms with Gasteiger partial charge in [-0.3, -0.25) is 0 Å². The van der Waals surface area contributed by atoms with Crippen molar-refractivity contribution in [3.8, 4) is 5.75 Å². The third-order valence-corrected chi connectivity index (χ3v) is 5.01. The topological polar surface area (TPSA) is 47.9 Å². The Kier molecular flexibility index (Phi) is 3.95. The minimum absolute atomic E-state index is 0.143. The van der Waals surface area contributed by atoms with Crippen molar-refractivity contribution in [3.63, 3.8) is 0 Å². The molecule has 1 aromatic rings. The van der Waals surface area contributed by atoms with Gasteiger partial charge in [-0.2, -0.15) is 0 Å². The second-order valence-corrected chi connectivity index (χ2v) is 6.37. The number of ether oxygens (including phenoxy) is 3. The maximum Gasteiger partial charge on any atom is 0.124 e. The van der Waals surface area contributed by atoms with Gasteiger partial charge in [0.25, 0.3) is 0 Å². The summed E-state index contributed by atoms with van der Waals surface area (Å²) in [7, 11) is 1.64. The Hall–Kier alpha value is -1.10. The van der Waals surface area contributed by atoms with Gasteiger partial charge in [0.05, 0.1) is 24.9 Å². The van der Waals surface area contributed by atoms with Crippen molar-refractivity contribution in [1.29, 1.82) is 0 Å². The highest BCUT2D eigenvalue weighted by molar-refractivity contribution is 5.38. The molecular formula is C17H24O4. The van der Waals surface area contributed by atoms with Crippen LogP contribution in [0.4, 0.5) is 0 Å². The first-order chi connectivity index (χ1) is 10.1. The maximum atomic E-state index is 11.2. The van der Waals surface area contributed by atoms with Crippen LogP contribution < -0.4 is 4.74 Å². The lowest BCUT2D eigenvalue weighted by atomic mass is 9.73. The minimum Gasteiger partial charge on any atom is -0.496 e. The largest absolute Gasteiger partial charge is 0.496 e. The SMILES string of the molecule is COc1ccccc1C(C)(O)C1CCOC2(CCOC2)C1. The number of hydrogen-bond acceptors (Lipinski definition) is 4. The molecule has 0 aromatic heterocycles. The van der Waals surface area contributed by atoms with Gasteiger partial charge in [-0.1, -0.05) is 18.2 Å². The van der Waals surface area contributed by atoms with Crippen molar-refractivity contribution in [2.24, 2.45) is 5.92 Å². The lowest BCUT2D eigenvalue weighted by molar-refractivity contribution is -0.141. The van der Waals surface area contributed by atoms with E-state index in [0.29, 0.717) is 13.2 Å². The molecule has 0 bridgehead atoms. The van der Waals surface area contributed by atoms with Crippen molar-refractivity contribution in [3.05, 3.63) is 29.8 Å². The van der Waals surface area contributed by atoms with E-state index in [4.69, 9.17) is 14.2 Å². The van der Waals surface area contributed by atoms with Crippen LogP contribution in [-0.2, 0) is 15.1 Å². The van der Waals surface area contributed by atoms with E-state index < -0.39 is 5.60 Å². The number of benzene rings is 1. The Labute approximate surface area is 126 Å². The molecule has 3 atom stereocenters. The Balaban J connectivity index is 1.86. The molecule has 0 amide bonds. The van der Waals surface area contributed by atoms with Gasteiger partial charge < -0.3 is 19.3 Å². The van der Waals surface area contributed by atoms with Gasteiger partial charge in [-0.15, -0.1) is 0 Å². The summed E-state index contributed by atoms with van der Waals surface area (Å²) in [6.45, 7) is 3.97. The van der Waals surface area contributed by atoms with E-state index in [2.05, 4.69) is 0 Å². The maximum absolute atomic E-state index is 11.2. The highest BCUT2D eigenvalue weighted by atomic mass is 16.6. The molecule has 0 saturated carbocycles. The molecule has 2 heterocycles. The highest BCUT2D eigenvalue weighted by Crippen LogP contribution is 2.45. The minimum atomic E-state index is -0.925. The molecule has 21 heavy (non-hydrogen) atoms. The van der Waals surface area contributed by atoms with Gasteiger partial charge in [-0.25, -0.2) is 0 Å². The van der Waals surface area contributed by atoms with E-state index in [1.807, 2.05) is 31.2 Å². The van der Waals surface area contributed by atoms with E-state index >= 15 is 0 Å². The number of methoxy groups -OCH3 is 1. The second-order valence-electron chi connectivity index (χ2n) is 6.37. The molecule has 0 aliphatic carbocycles. The van der Waals surface area contributed by atoms with Crippen molar-refractivity contribution >= 4 is 0 Å². The summed E-state index contributed by atoms with van der Waals surface area (Å²) in [6.07, 6.45) is 2.61. The fraction of sp³-hybridized carbons (Fsp3) is 0.647. The van der Waals surface area contributed by atoms with Crippen molar-refractivity contribution in [2.45, 2.75) is 37.4 Å². The van der Waals surface area contributed by atoms with E-state index in [1.54, 1.807) is 7.11 Å². The molecule has 3 rings (SSSR count). The Bertz CT molecular complexity index is 491. The molecule has 0 radical (unpaired) electrons. The van der Waals surface area contributed by atoms with Crippen LogP contribution in [0, 0.1) is 5.92 Å². The lowest BCUT2D eigenvalue weighted by Crippen LogP contribution is -2.46. The third kappa shape index (κ3) is 2.68. The first kappa shape index (κ1) is 14.8. The summed E-state index contributed by atoms with van der Waals surface area (Å²) in [5.41, 5.74) is -0.269. The number of para-hydroxylation sites is 1. The van der Waals surface area contributed by atoms with Crippen LogP contribution in [0.25, 0.3) is 0 Å². The van der Waals surface area contributed by atoms with Crippen LogP contribution in [0.2, 0.25) is 0 Å². The predicted octanol–water partition coefficient (Wildman–Crippen LogP) is 2.49. The molecule has 1 N–H and O–H groups in total. The van der Waals surface area contributed by atoms with Crippen LogP contribution in [0.15, 0.2) is 24.3 Å². The summed E-state index contributed by atoms with van der Waals surface area (Å²) in [4.78, 5) is 0. The molecule has 4 nitrogen and oxygen atoms in total. The van der Waals surface area contributed by atoms with Crippen LogP contribution in [0.5, 0.6) is 5.75 Å². The molecule has 2 aliphatic rings. The summed E-state index contributed by atoms with van der Waals surface area (Å²) in [5, 5.41) is 11.2. The molecule has 2 fully saturated rings. The standard InChI is InChI=1S/C17H24O4/c1-16(18,14-5-3-4-6-15(14)19-2)13-7-9-21-17(11-13)8-10-20-12-17/h3-6,13,18H,7-12H2,1-2H3. The predicted molar refractivity (Wildman–Crippen MR) is 79.4 cm³/mol. The zero-order valence-corrected chi connectivity index (χ0v) is 12.8. The lowest BCUT2D eigenvalue weighted by Gasteiger charge is -2.43. The number of aliphatic hydroxyl groups is 1. The summed E-state index contributed by atoms with van der Waals surface area (Å²) < 4.78 is 16.9. The van der Waals surface area contributed by atoms with Crippen molar-refractivity contribution in [2.75, 3.05) is 26.9 Å². The molecule has 2 saturated heterocycles. The zero-order valence-electron chi connectivity index (χ0n) is 12.8. The van der Waals surface area contributed by atoms with Gasteiger partial charge in [0.2, 0.25) is 0 Å². The number of hydrogen-bond donors (Lipinski definition) is 1. The Morgan fingerprint density at radius 1 is 1.33 bits per heavy atom. The first-order valence-electron chi connectivity index (χ1n) is 7.65. The molecular weight excluding hydrogens is 268 g/mol. The van der Waals surface area contributed by atoms with Crippen LogP contribution in [-0.4, -0.2) is 37.6 Å². The molecule has 116 valence electrons. The fourth-order valence-electron chi connectivity index (χ4n) is 3.65. The normalized spacial score (nSPS) is 32.0. The van der Waals surface area contributed by atoms with Gasteiger partial charge in [-0.05, 0) is 31.7 Å². The van der Waals surface area contributed by atoms with E-state index in [1.165, 1.54) is 0 Å². The fourth-order valence-corrected chi connectivity index (χ4v) is 3.65. The zero-order chi connectivity index (χ0) is 14.9. The Morgan fingerprint density at radius 3 is 2.86 bits per heavy atom. The highest BCUT2D eigenvalue weighted by Gasteiger charge is 2.47. The molecule has 1 aromatic carbocycles. The van der Waals surface area contributed by atoms with Crippen molar-refractivity contribution in [1.82, 2.24) is 0 Å². The average molecular weight is 292 g/mol. The van der Waals surface area contributed by atoms with Gasteiger partial charge in [0.1, 0.15) is 5.75 Å². The van der Waals surface area contributed by atoms with E-state index in [-0.39, 0.29) is 11.5 Å². The summed E-state index contributed by atoms with van der Waals surface area (Å²) in [6, 6.07) is 7.72. The molecule has 1 spiro atoms. The first-order valence-corrected chi connectivity index (χ1v) is 7.65. The van der Waals surface area contributed by atoms with Crippen LogP contribution in [0.1, 0.15) is 31.7 Å². The third-order valence-electron chi connectivity index (χ3n) is 5.01. The molecule has 3 unspecified atom stereocenters. The van der Waals surface area contributed by atoms with E-state index in [0.717, 1.165) is 37.2 Å². The van der Waals surface area contributed by atoms with Crippen LogP contribution >= 0.6 is 0 Å². The average Bonchev–Trinajstić information content (AvgIpc) is 2.95. The summed E-state index contributed by atoms with van der Waals surface area (Å²) in [5.74, 6) is 0.884.